The summed E-state index contributed by atoms with van der Waals surface area (Å²) >= 11 is 0. The van der Waals surface area contributed by atoms with Gasteiger partial charge in [0.2, 0.25) is 0 Å². The zero-order valence-electron chi connectivity index (χ0n) is 48.6. The molecule has 0 saturated heterocycles. The van der Waals surface area contributed by atoms with Crippen molar-refractivity contribution in [2.75, 3.05) is 13.2 Å². The average molecular weight is 1030 g/mol. The molecule has 0 spiro atoms. The molecule has 0 bridgehead atoms. The van der Waals surface area contributed by atoms with Gasteiger partial charge in [-0.05, 0) is 96.3 Å². The summed E-state index contributed by atoms with van der Waals surface area (Å²) in [4.78, 5) is 38.3. The monoisotopic (exact) mass is 1030 g/mol. The lowest BCUT2D eigenvalue weighted by molar-refractivity contribution is -0.167. The number of hydrogen-bond donors (Lipinski definition) is 0. The Balaban J connectivity index is 4.39. The minimum atomic E-state index is -0.786. The highest BCUT2D eigenvalue weighted by Gasteiger charge is 2.19. The maximum atomic E-state index is 12.9. The molecular weight excluding hydrogens is 913 g/mol. The minimum Gasteiger partial charge on any atom is -0.462 e. The fourth-order valence-corrected chi connectivity index (χ4v) is 8.72. The maximum Gasteiger partial charge on any atom is 0.306 e. The van der Waals surface area contributed by atoms with Crippen molar-refractivity contribution in [1.29, 1.82) is 0 Å². The predicted molar refractivity (Wildman–Crippen MR) is 320 cm³/mol. The van der Waals surface area contributed by atoms with Crippen LogP contribution in [0.15, 0.2) is 97.2 Å². The summed E-state index contributed by atoms with van der Waals surface area (Å²) in [6.07, 6.45) is 82.6. The Morgan fingerprint density at radius 3 is 0.824 bits per heavy atom. The normalized spacial score (nSPS) is 12.7. The number of carbonyl (C=O) groups excluding carboxylic acids is 3. The van der Waals surface area contributed by atoms with Gasteiger partial charge in [-0.1, -0.05) is 279 Å². The Kier molecular flexibility index (Phi) is 58.8. The van der Waals surface area contributed by atoms with E-state index in [1.165, 1.54) is 135 Å². The Bertz CT molecular complexity index is 1460. The quantitative estimate of drug-likeness (QED) is 0.0261. The van der Waals surface area contributed by atoms with Crippen LogP contribution in [0.2, 0.25) is 0 Å². The van der Waals surface area contributed by atoms with Gasteiger partial charge in [-0.25, -0.2) is 0 Å². The van der Waals surface area contributed by atoms with Crippen molar-refractivity contribution in [2.45, 2.75) is 303 Å². The van der Waals surface area contributed by atoms with E-state index in [-0.39, 0.29) is 31.1 Å². The molecular formula is C68H116O6. The third kappa shape index (κ3) is 59.2. The van der Waals surface area contributed by atoms with Gasteiger partial charge in [-0.3, -0.25) is 14.4 Å². The van der Waals surface area contributed by atoms with Crippen LogP contribution in [0.4, 0.5) is 0 Å². The highest BCUT2D eigenvalue weighted by atomic mass is 16.6. The van der Waals surface area contributed by atoms with E-state index in [1.54, 1.807) is 0 Å². The van der Waals surface area contributed by atoms with Crippen LogP contribution in [0, 0.1) is 0 Å². The van der Waals surface area contributed by atoms with Crippen LogP contribution in [-0.2, 0) is 28.6 Å². The van der Waals surface area contributed by atoms with Crippen LogP contribution < -0.4 is 0 Å². The van der Waals surface area contributed by atoms with Gasteiger partial charge in [-0.2, -0.15) is 0 Å². The van der Waals surface area contributed by atoms with E-state index in [0.717, 1.165) is 122 Å². The molecule has 0 N–H and O–H groups in total. The molecule has 0 aromatic carbocycles. The van der Waals surface area contributed by atoms with Crippen LogP contribution in [0.25, 0.3) is 0 Å². The van der Waals surface area contributed by atoms with E-state index in [9.17, 15) is 14.4 Å². The first kappa shape index (κ1) is 70.3. The molecule has 424 valence electrons. The van der Waals surface area contributed by atoms with E-state index in [0.29, 0.717) is 19.3 Å². The largest absolute Gasteiger partial charge is 0.462 e. The number of rotatable bonds is 56. The van der Waals surface area contributed by atoms with E-state index < -0.39 is 6.10 Å². The average Bonchev–Trinajstić information content (AvgIpc) is 3.40. The van der Waals surface area contributed by atoms with Gasteiger partial charge in [-0.15, -0.1) is 0 Å². The summed E-state index contributed by atoms with van der Waals surface area (Å²) in [7, 11) is 0. The fraction of sp³-hybridized carbons (Fsp3) is 0.721. The highest BCUT2D eigenvalue weighted by Crippen LogP contribution is 2.16. The van der Waals surface area contributed by atoms with Gasteiger partial charge in [0.25, 0.3) is 0 Å². The number of ether oxygens (including phenoxy) is 3. The lowest BCUT2D eigenvalue weighted by atomic mass is 10.0. The van der Waals surface area contributed by atoms with Crippen molar-refractivity contribution in [3.8, 4) is 0 Å². The summed E-state index contributed by atoms with van der Waals surface area (Å²) in [5.41, 5.74) is 0. The second-order valence-electron chi connectivity index (χ2n) is 20.6. The molecule has 0 aromatic heterocycles. The van der Waals surface area contributed by atoms with Crippen LogP contribution >= 0.6 is 0 Å². The highest BCUT2D eigenvalue weighted by molar-refractivity contribution is 5.71. The minimum absolute atomic E-state index is 0.0812. The third-order valence-corrected chi connectivity index (χ3v) is 13.3. The molecule has 6 nitrogen and oxygen atoms in total. The Hall–Kier alpha value is -3.67. The van der Waals surface area contributed by atoms with Crippen molar-refractivity contribution < 1.29 is 28.6 Å². The fourth-order valence-electron chi connectivity index (χ4n) is 8.72. The third-order valence-electron chi connectivity index (χ3n) is 13.3. The van der Waals surface area contributed by atoms with Crippen LogP contribution in [0.3, 0.4) is 0 Å². The topological polar surface area (TPSA) is 78.9 Å². The van der Waals surface area contributed by atoms with Crippen molar-refractivity contribution in [1.82, 2.24) is 0 Å². The molecule has 0 fully saturated rings. The first-order valence-corrected chi connectivity index (χ1v) is 31.2. The van der Waals surface area contributed by atoms with Gasteiger partial charge in [0.1, 0.15) is 13.2 Å². The second kappa shape index (κ2) is 61.9. The summed E-state index contributed by atoms with van der Waals surface area (Å²) < 4.78 is 16.9. The van der Waals surface area contributed by atoms with Crippen LogP contribution in [0.5, 0.6) is 0 Å². The number of esters is 3. The Labute approximate surface area is 457 Å². The molecule has 6 heteroatoms. The van der Waals surface area contributed by atoms with Crippen LogP contribution in [-0.4, -0.2) is 37.2 Å². The molecule has 1 unspecified atom stereocenters. The summed E-state index contributed by atoms with van der Waals surface area (Å²) in [5, 5.41) is 0. The zero-order chi connectivity index (χ0) is 53.6. The first-order chi connectivity index (χ1) is 36.5. The molecule has 0 radical (unpaired) electrons. The lowest BCUT2D eigenvalue weighted by Crippen LogP contribution is -2.30. The van der Waals surface area contributed by atoms with Crippen molar-refractivity contribution in [3.05, 3.63) is 97.2 Å². The second-order valence-corrected chi connectivity index (χ2v) is 20.6. The molecule has 0 saturated carbocycles. The summed E-state index contributed by atoms with van der Waals surface area (Å²) in [5.74, 6) is -0.887. The van der Waals surface area contributed by atoms with Gasteiger partial charge >= 0.3 is 17.9 Å². The molecule has 0 aliphatic heterocycles. The molecule has 1 atom stereocenters. The molecule has 74 heavy (non-hydrogen) atoms. The molecule has 0 aliphatic rings. The molecule has 0 aliphatic carbocycles. The van der Waals surface area contributed by atoms with Crippen molar-refractivity contribution in [3.63, 3.8) is 0 Å². The summed E-state index contributed by atoms with van der Waals surface area (Å²) in [6, 6.07) is 0. The van der Waals surface area contributed by atoms with E-state index in [1.807, 2.05) is 0 Å². The number of unbranched alkanes of at least 4 members (excludes halogenated alkanes) is 29. The Morgan fingerprint density at radius 2 is 0.527 bits per heavy atom. The van der Waals surface area contributed by atoms with E-state index in [2.05, 4.69) is 118 Å². The van der Waals surface area contributed by atoms with Crippen molar-refractivity contribution >= 4 is 17.9 Å². The molecule has 0 amide bonds. The van der Waals surface area contributed by atoms with E-state index in [4.69, 9.17) is 14.2 Å². The van der Waals surface area contributed by atoms with Gasteiger partial charge < -0.3 is 14.2 Å². The Morgan fingerprint density at radius 1 is 0.284 bits per heavy atom. The molecule has 0 aromatic rings. The molecule has 0 rings (SSSR count). The lowest BCUT2D eigenvalue weighted by Gasteiger charge is -2.18. The maximum absolute atomic E-state index is 12.9. The van der Waals surface area contributed by atoms with Gasteiger partial charge in [0, 0.05) is 19.3 Å². The standard InChI is InChI=1S/C68H116O6/c1-4-7-10-13-16-19-22-25-28-30-32-34-36-38-40-43-46-49-52-55-58-61-67(70)73-64-65(63-72-66(69)60-57-54-51-48-45-42-27-24-21-18-15-12-9-6-3)74-68(71)62-59-56-53-50-47-44-41-39-37-35-33-31-29-26-23-20-17-14-11-8-5-2/h7-8,10-11,16-17,19-20,25-26,28-29,32-35,65H,4-6,9,12-15,18,21-24,27,30-31,36-64H2,1-3H3/b10-7-,11-8-,19-16-,20-17-,28-25-,29-26-,34-32-,35-33-. The zero-order valence-corrected chi connectivity index (χ0v) is 48.6. The smallest absolute Gasteiger partial charge is 0.306 e. The van der Waals surface area contributed by atoms with Crippen molar-refractivity contribution in [2.24, 2.45) is 0 Å². The summed E-state index contributed by atoms with van der Waals surface area (Å²) in [6.45, 7) is 6.43. The number of allylic oxidation sites excluding steroid dienone is 16. The predicted octanol–water partition coefficient (Wildman–Crippen LogP) is 21.3. The molecule has 0 heterocycles. The van der Waals surface area contributed by atoms with E-state index >= 15 is 0 Å². The van der Waals surface area contributed by atoms with Crippen LogP contribution in [0.1, 0.15) is 297 Å². The van der Waals surface area contributed by atoms with Gasteiger partial charge in [0.15, 0.2) is 6.10 Å². The number of hydrogen-bond acceptors (Lipinski definition) is 6. The van der Waals surface area contributed by atoms with Gasteiger partial charge in [0.05, 0.1) is 0 Å². The first-order valence-electron chi connectivity index (χ1n) is 31.2. The SMILES string of the molecule is CC/C=C\C/C=C\C/C=C\C/C=C\CCCCCCCCCCC(=O)OCC(COC(=O)CCCCCCCCCCCCCCCC)OC(=O)CCCCCCCCCC/C=C\C/C=C\C/C=C\C/C=C\CC. The number of carbonyl (C=O) groups is 3.